The SMILES string of the molecule is Cc1cccc(-c2cc(C)c(F)c(C)c2C#CP(=O)(O)C[C@@H](O)CC(=O)O)c1. The molecule has 1 unspecified atom stereocenters. The second-order valence-corrected chi connectivity index (χ2v) is 8.79. The number of aliphatic hydroxyl groups is 1. The van der Waals surface area contributed by atoms with Crippen LogP contribution >= 0.6 is 7.37 Å². The van der Waals surface area contributed by atoms with Gasteiger partial charge in [-0.05, 0) is 49.2 Å². The number of rotatable bonds is 5. The van der Waals surface area contributed by atoms with Gasteiger partial charge in [0.1, 0.15) is 5.82 Å². The molecule has 2 aromatic rings. The molecule has 0 aliphatic heterocycles. The molecule has 0 heterocycles. The Morgan fingerprint density at radius 1 is 1.25 bits per heavy atom. The molecule has 0 fully saturated rings. The fourth-order valence-corrected chi connectivity index (χ4v) is 3.98. The van der Waals surface area contributed by atoms with Crippen LogP contribution in [0.4, 0.5) is 4.39 Å². The van der Waals surface area contributed by atoms with E-state index in [1.165, 1.54) is 0 Å². The van der Waals surface area contributed by atoms with Gasteiger partial charge in [0.15, 0.2) is 0 Å². The maximum absolute atomic E-state index is 14.4. The Morgan fingerprint density at radius 3 is 2.54 bits per heavy atom. The maximum atomic E-state index is 14.4. The molecule has 0 spiro atoms. The maximum Gasteiger partial charge on any atom is 0.305 e. The molecular formula is C21H22FO5P. The minimum absolute atomic E-state index is 0.259. The third-order valence-corrected chi connectivity index (χ3v) is 5.61. The van der Waals surface area contributed by atoms with Crippen molar-refractivity contribution in [3.05, 3.63) is 58.4 Å². The normalized spacial score (nSPS) is 13.9. The van der Waals surface area contributed by atoms with Crippen molar-refractivity contribution in [2.75, 3.05) is 6.16 Å². The number of hydrogen-bond acceptors (Lipinski definition) is 3. The van der Waals surface area contributed by atoms with Crippen molar-refractivity contribution in [2.45, 2.75) is 33.3 Å². The molecular weight excluding hydrogens is 382 g/mol. The summed E-state index contributed by atoms with van der Waals surface area (Å²) in [4.78, 5) is 20.6. The molecule has 0 aliphatic rings. The van der Waals surface area contributed by atoms with Crippen molar-refractivity contribution >= 4 is 13.3 Å². The molecule has 0 saturated heterocycles. The molecule has 2 rings (SSSR count). The number of aliphatic hydroxyl groups excluding tert-OH is 1. The zero-order chi connectivity index (χ0) is 21.1. The van der Waals surface area contributed by atoms with Gasteiger partial charge in [-0.25, -0.2) is 4.39 Å². The summed E-state index contributed by atoms with van der Waals surface area (Å²) >= 11 is 0. The van der Waals surface area contributed by atoms with Crippen molar-refractivity contribution in [3.63, 3.8) is 0 Å². The number of carboxylic acids is 1. The summed E-state index contributed by atoms with van der Waals surface area (Å²) in [6, 6.07) is 9.17. The van der Waals surface area contributed by atoms with Crippen LogP contribution in [0.1, 0.15) is 28.7 Å². The van der Waals surface area contributed by atoms with E-state index >= 15 is 0 Å². The zero-order valence-electron chi connectivity index (χ0n) is 15.9. The summed E-state index contributed by atoms with van der Waals surface area (Å²) in [6.07, 6.45) is -2.81. The molecule has 0 amide bonds. The number of carbonyl (C=O) groups is 1. The Labute approximate surface area is 163 Å². The van der Waals surface area contributed by atoms with Crippen molar-refractivity contribution in [1.82, 2.24) is 0 Å². The number of hydrogen-bond donors (Lipinski definition) is 3. The number of carboxylic acid groups (broad SMARTS) is 1. The lowest BCUT2D eigenvalue weighted by molar-refractivity contribution is -0.138. The van der Waals surface area contributed by atoms with Crippen molar-refractivity contribution in [2.24, 2.45) is 0 Å². The third kappa shape index (κ3) is 5.53. The van der Waals surface area contributed by atoms with Crippen molar-refractivity contribution < 1.29 is 28.9 Å². The van der Waals surface area contributed by atoms with E-state index in [1.807, 2.05) is 31.2 Å². The molecule has 28 heavy (non-hydrogen) atoms. The van der Waals surface area contributed by atoms with Crippen LogP contribution in [0.15, 0.2) is 30.3 Å². The number of aryl methyl sites for hydroxylation is 2. The lowest BCUT2D eigenvalue weighted by atomic mass is 9.93. The highest BCUT2D eigenvalue weighted by Crippen LogP contribution is 2.40. The van der Waals surface area contributed by atoms with Crippen LogP contribution in [-0.4, -0.2) is 33.3 Å². The first-order valence-corrected chi connectivity index (χ1v) is 10.5. The second-order valence-electron chi connectivity index (χ2n) is 6.80. The topological polar surface area (TPSA) is 94.8 Å². The van der Waals surface area contributed by atoms with E-state index in [9.17, 15) is 23.7 Å². The van der Waals surface area contributed by atoms with E-state index < -0.39 is 37.8 Å². The third-order valence-electron chi connectivity index (χ3n) is 4.23. The molecule has 2 atom stereocenters. The number of benzene rings is 2. The lowest BCUT2D eigenvalue weighted by Crippen LogP contribution is -2.17. The van der Waals surface area contributed by atoms with Gasteiger partial charge in [0, 0.05) is 11.1 Å². The summed E-state index contributed by atoms with van der Waals surface area (Å²) in [6.45, 7) is 5.11. The quantitative estimate of drug-likeness (QED) is 0.520. The lowest BCUT2D eigenvalue weighted by Gasteiger charge is -2.13. The van der Waals surface area contributed by atoms with E-state index in [0.717, 1.165) is 11.1 Å². The summed E-state index contributed by atoms with van der Waals surface area (Å²) in [5.41, 5.74) is 5.65. The Bertz CT molecular complexity index is 1020. The average Bonchev–Trinajstić information content (AvgIpc) is 2.57. The molecule has 5 nitrogen and oxygen atoms in total. The fourth-order valence-electron chi connectivity index (χ4n) is 2.90. The van der Waals surface area contributed by atoms with Gasteiger partial charge in [-0.1, -0.05) is 35.7 Å². The smallest absolute Gasteiger partial charge is 0.305 e. The van der Waals surface area contributed by atoms with Crippen LogP contribution in [0.5, 0.6) is 0 Å². The van der Waals surface area contributed by atoms with Gasteiger partial charge in [0.25, 0.3) is 7.37 Å². The minimum atomic E-state index is -4.13. The number of aliphatic carboxylic acids is 1. The predicted octanol–water partition coefficient (Wildman–Crippen LogP) is 3.83. The molecule has 2 aromatic carbocycles. The largest absolute Gasteiger partial charge is 0.481 e. The van der Waals surface area contributed by atoms with Gasteiger partial charge in [-0.15, -0.1) is 0 Å². The molecule has 0 saturated carbocycles. The van der Waals surface area contributed by atoms with Gasteiger partial charge in [-0.2, -0.15) is 0 Å². The van der Waals surface area contributed by atoms with E-state index in [0.29, 0.717) is 11.1 Å². The number of halogens is 1. The Kier molecular flexibility index (Phi) is 6.79. The summed E-state index contributed by atoms with van der Waals surface area (Å²) < 4.78 is 26.7. The van der Waals surface area contributed by atoms with Gasteiger partial charge >= 0.3 is 5.97 Å². The van der Waals surface area contributed by atoms with Crippen LogP contribution in [0, 0.1) is 38.2 Å². The minimum Gasteiger partial charge on any atom is -0.481 e. The molecule has 148 valence electrons. The highest BCUT2D eigenvalue weighted by Gasteiger charge is 2.23. The van der Waals surface area contributed by atoms with Gasteiger partial charge in [0.2, 0.25) is 0 Å². The van der Waals surface area contributed by atoms with Gasteiger partial charge in [0.05, 0.1) is 18.7 Å². The predicted molar refractivity (Wildman–Crippen MR) is 106 cm³/mol. The highest BCUT2D eigenvalue weighted by molar-refractivity contribution is 7.63. The Hall–Kier alpha value is -2.45. The fraction of sp³-hybridized carbons (Fsp3) is 0.286. The molecule has 0 bridgehead atoms. The van der Waals surface area contributed by atoms with E-state index in [2.05, 4.69) is 11.6 Å². The van der Waals surface area contributed by atoms with Crippen molar-refractivity contribution in [3.8, 4) is 22.7 Å². The van der Waals surface area contributed by atoms with E-state index in [-0.39, 0.29) is 11.1 Å². The van der Waals surface area contributed by atoms with Gasteiger partial charge < -0.3 is 15.1 Å². The Balaban J connectivity index is 2.52. The molecule has 0 aromatic heterocycles. The van der Waals surface area contributed by atoms with E-state index in [4.69, 9.17) is 5.11 Å². The van der Waals surface area contributed by atoms with E-state index in [1.54, 1.807) is 19.9 Å². The molecule has 7 heteroatoms. The summed E-state index contributed by atoms with van der Waals surface area (Å²) in [7, 11) is -4.13. The van der Waals surface area contributed by atoms with Crippen LogP contribution in [0.2, 0.25) is 0 Å². The van der Waals surface area contributed by atoms with Gasteiger partial charge in [-0.3, -0.25) is 9.36 Å². The average molecular weight is 404 g/mol. The zero-order valence-corrected chi connectivity index (χ0v) is 16.8. The molecule has 3 N–H and O–H groups in total. The first-order valence-electron chi connectivity index (χ1n) is 8.62. The Morgan fingerprint density at radius 2 is 1.93 bits per heavy atom. The first kappa shape index (κ1) is 21.8. The molecule has 0 aliphatic carbocycles. The second kappa shape index (κ2) is 8.70. The monoisotopic (exact) mass is 404 g/mol. The molecule has 0 radical (unpaired) electrons. The van der Waals surface area contributed by atoms with Crippen LogP contribution in [0.3, 0.4) is 0 Å². The highest BCUT2D eigenvalue weighted by atomic mass is 31.2. The van der Waals surface area contributed by atoms with Crippen LogP contribution in [-0.2, 0) is 9.36 Å². The van der Waals surface area contributed by atoms with Crippen molar-refractivity contribution in [1.29, 1.82) is 0 Å². The summed E-state index contributed by atoms with van der Waals surface area (Å²) in [5, 5.41) is 18.3. The first-order chi connectivity index (χ1) is 13.0. The standard InChI is InChI=1S/C21H22FO5P/c1-13-5-4-6-16(9-13)19-10-14(2)21(22)15(3)18(19)7-8-28(26,27)12-17(23)11-20(24)25/h4-6,9-10,17,23H,11-12H2,1-3H3,(H,24,25)(H,26,27)/t17-/m0/s1. The van der Waals surface area contributed by atoms with Crippen LogP contribution in [0.25, 0.3) is 11.1 Å². The van der Waals surface area contributed by atoms with Crippen LogP contribution < -0.4 is 0 Å². The summed E-state index contributed by atoms with van der Waals surface area (Å²) in [5.74, 6) is 0.881.